The van der Waals surface area contributed by atoms with Crippen LogP contribution >= 0.6 is 11.3 Å². The molecule has 3 rings (SSSR count). The SMILES string of the molecule is Cc1cccc(NC(=O)COCC(=O)Nc2sc3c(c2C(N)=O)CCCC3)c1. The highest BCUT2D eigenvalue weighted by Crippen LogP contribution is 2.37. The molecule has 3 amide bonds. The Morgan fingerprint density at radius 1 is 1.11 bits per heavy atom. The Balaban J connectivity index is 1.51. The largest absolute Gasteiger partial charge is 0.365 e. The summed E-state index contributed by atoms with van der Waals surface area (Å²) in [4.78, 5) is 37.0. The van der Waals surface area contributed by atoms with Gasteiger partial charge in [0, 0.05) is 10.6 Å². The van der Waals surface area contributed by atoms with Crippen molar-refractivity contribution in [2.75, 3.05) is 23.8 Å². The van der Waals surface area contributed by atoms with Gasteiger partial charge in [-0.25, -0.2) is 0 Å². The van der Waals surface area contributed by atoms with Gasteiger partial charge in [-0.1, -0.05) is 12.1 Å². The van der Waals surface area contributed by atoms with E-state index in [0.29, 0.717) is 16.3 Å². The number of fused-ring (bicyclic) bond motifs is 1. The van der Waals surface area contributed by atoms with Crippen molar-refractivity contribution in [1.82, 2.24) is 0 Å². The second-order valence-electron chi connectivity index (χ2n) is 6.74. The Kier molecular flexibility index (Phi) is 6.43. The van der Waals surface area contributed by atoms with Crippen molar-refractivity contribution in [2.45, 2.75) is 32.6 Å². The van der Waals surface area contributed by atoms with E-state index >= 15 is 0 Å². The summed E-state index contributed by atoms with van der Waals surface area (Å²) < 4.78 is 5.20. The van der Waals surface area contributed by atoms with Gasteiger partial charge in [-0.15, -0.1) is 11.3 Å². The summed E-state index contributed by atoms with van der Waals surface area (Å²) in [6.07, 6.45) is 3.77. The summed E-state index contributed by atoms with van der Waals surface area (Å²) >= 11 is 1.39. The molecule has 1 aliphatic carbocycles. The first-order chi connectivity index (χ1) is 13.4. The van der Waals surface area contributed by atoms with Crippen LogP contribution in [0.4, 0.5) is 10.7 Å². The van der Waals surface area contributed by atoms with Crippen LogP contribution in [0.3, 0.4) is 0 Å². The summed E-state index contributed by atoms with van der Waals surface area (Å²) in [5.74, 6) is -1.31. The molecule has 0 atom stereocenters. The summed E-state index contributed by atoms with van der Waals surface area (Å²) in [6, 6.07) is 7.39. The van der Waals surface area contributed by atoms with Gasteiger partial charge in [0.1, 0.15) is 18.2 Å². The molecule has 0 aliphatic heterocycles. The summed E-state index contributed by atoms with van der Waals surface area (Å²) in [5.41, 5.74) is 8.58. The molecule has 1 aliphatic rings. The van der Waals surface area contributed by atoms with Gasteiger partial charge in [0.05, 0.1) is 5.56 Å². The number of nitrogens with one attached hydrogen (secondary N) is 2. The van der Waals surface area contributed by atoms with Gasteiger partial charge >= 0.3 is 0 Å². The molecule has 1 aromatic carbocycles. The minimum Gasteiger partial charge on any atom is -0.365 e. The zero-order valence-electron chi connectivity index (χ0n) is 15.7. The third-order valence-corrected chi connectivity index (χ3v) is 5.65. The van der Waals surface area contributed by atoms with Crippen molar-refractivity contribution in [2.24, 2.45) is 5.73 Å². The van der Waals surface area contributed by atoms with Crippen LogP contribution in [0.5, 0.6) is 0 Å². The maximum atomic E-state index is 12.2. The zero-order valence-corrected chi connectivity index (χ0v) is 16.5. The van der Waals surface area contributed by atoms with Crippen molar-refractivity contribution in [3.63, 3.8) is 0 Å². The number of anilines is 2. The molecule has 0 spiro atoms. The fraction of sp³-hybridized carbons (Fsp3) is 0.350. The first-order valence-electron chi connectivity index (χ1n) is 9.12. The lowest BCUT2D eigenvalue weighted by Crippen LogP contribution is -2.24. The van der Waals surface area contributed by atoms with E-state index in [4.69, 9.17) is 10.5 Å². The number of primary amides is 1. The maximum Gasteiger partial charge on any atom is 0.251 e. The van der Waals surface area contributed by atoms with Gasteiger partial charge < -0.3 is 21.1 Å². The number of nitrogens with two attached hydrogens (primary N) is 1. The predicted molar refractivity (Wildman–Crippen MR) is 109 cm³/mol. The highest BCUT2D eigenvalue weighted by molar-refractivity contribution is 7.17. The predicted octanol–water partition coefficient (Wildman–Crippen LogP) is 2.63. The van der Waals surface area contributed by atoms with E-state index in [-0.39, 0.29) is 19.1 Å². The zero-order chi connectivity index (χ0) is 20.1. The van der Waals surface area contributed by atoms with Gasteiger partial charge in [0.15, 0.2) is 0 Å². The van der Waals surface area contributed by atoms with Gasteiger partial charge in [-0.2, -0.15) is 0 Å². The van der Waals surface area contributed by atoms with Crippen LogP contribution in [-0.4, -0.2) is 30.9 Å². The van der Waals surface area contributed by atoms with E-state index in [9.17, 15) is 14.4 Å². The maximum absolute atomic E-state index is 12.2. The van der Waals surface area contributed by atoms with Gasteiger partial charge in [-0.05, 0) is 55.9 Å². The first kappa shape index (κ1) is 20.0. The molecular weight excluding hydrogens is 378 g/mol. The van der Waals surface area contributed by atoms with Crippen molar-refractivity contribution in [3.05, 3.63) is 45.8 Å². The van der Waals surface area contributed by atoms with Gasteiger partial charge in [0.25, 0.3) is 11.8 Å². The monoisotopic (exact) mass is 401 g/mol. The number of hydrogen-bond acceptors (Lipinski definition) is 5. The number of benzene rings is 1. The molecule has 0 radical (unpaired) electrons. The quantitative estimate of drug-likeness (QED) is 0.662. The van der Waals surface area contributed by atoms with Crippen LogP contribution < -0.4 is 16.4 Å². The van der Waals surface area contributed by atoms with Crippen molar-refractivity contribution in [3.8, 4) is 0 Å². The van der Waals surface area contributed by atoms with Gasteiger partial charge in [0.2, 0.25) is 5.91 Å². The number of rotatable bonds is 7. The van der Waals surface area contributed by atoms with Crippen molar-refractivity contribution in [1.29, 1.82) is 0 Å². The van der Waals surface area contributed by atoms with Crippen molar-refractivity contribution < 1.29 is 19.1 Å². The van der Waals surface area contributed by atoms with Crippen LogP contribution in [0.1, 0.15) is 39.2 Å². The standard InChI is InChI=1S/C20H23N3O4S/c1-12-5-4-6-13(9-12)22-16(24)10-27-11-17(25)23-20-18(19(21)26)14-7-2-3-8-15(14)28-20/h4-6,9H,2-3,7-8,10-11H2,1H3,(H2,21,26)(H,22,24)(H,23,25). The molecule has 1 aromatic heterocycles. The third-order valence-electron chi connectivity index (χ3n) is 4.44. The van der Waals surface area contributed by atoms with E-state index in [1.165, 1.54) is 11.3 Å². The minimum atomic E-state index is -0.534. The van der Waals surface area contributed by atoms with Crippen LogP contribution in [-0.2, 0) is 27.2 Å². The van der Waals surface area contributed by atoms with E-state index < -0.39 is 11.8 Å². The molecule has 1 heterocycles. The molecule has 0 fully saturated rings. The second-order valence-corrected chi connectivity index (χ2v) is 7.84. The molecule has 0 bridgehead atoms. The fourth-order valence-electron chi connectivity index (χ4n) is 3.23. The topological polar surface area (TPSA) is 111 Å². The Hall–Kier alpha value is -2.71. The van der Waals surface area contributed by atoms with Crippen LogP contribution in [0.25, 0.3) is 0 Å². The van der Waals surface area contributed by atoms with Gasteiger partial charge in [-0.3, -0.25) is 14.4 Å². The van der Waals surface area contributed by atoms with Crippen LogP contribution in [0, 0.1) is 6.92 Å². The first-order valence-corrected chi connectivity index (χ1v) is 9.94. The molecule has 28 heavy (non-hydrogen) atoms. The number of aryl methyl sites for hydroxylation is 2. The molecule has 8 heteroatoms. The van der Waals surface area contributed by atoms with Crippen LogP contribution in [0.15, 0.2) is 24.3 Å². The fourth-order valence-corrected chi connectivity index (χ4v) is 4.54. The average Bonchev–Trinajstić information content (AvgIpc) is 2.99. The Bertz CT molecular complexity index is 907. The highest BCUT2D eigenvalue weighted by atomic mass is 32.1. The third kappa shape index (κ3) is 4.96. The average molecular weight is 401 g/mol. The Labute approximate surface area is 167 Å². The van der Waals surface area contributed by atoms with E-state index in [1.807, 2.05) is 25.1 Å². The molecule has 0 saturated carbocycles. The van der Waals surface area contributed by atoms with Crippen molar-refractivity contribution >= 4 is 39.7 Å². The number of ether oxygens (including phenoxy) is 1. The molecule has 7 nitrogen and oxygen atoms in total. The van der Waals surface area contributed by atoms with E-state index in [0.717, 1.165) is 41.7 Å². The van der Waals surface area contributed by atoms with E-state index in [2.05, 4.69) is 10.6 Å². The lowest BCUT2D eigenvalue weighted by atomic mass is 9.95. The van der Waals surface area contributed by atoms with Crippen LogP contribution in [0.2, 0.25) is 0 Å². The molecule has 2 aromatic rings. The lowest BCUT2D eigenvalue weighted by molar-refractivity contribution is -0.125. The normalized spacial score (nSPS) is 12.9. The number of hydrogen-bond donors (Lipinski definition) is 3. The number of thiophene rings is 1. The summed E-state index contributed by atoms with van der Waals surface area (Å²) in [7, 11) is 0. The Morgan fingerprint density at radius 3 is 2.54 bits per heavy atom. The molecule has 148 valence electrons. The molecule has 0 unspecified atom stereocenters. The number of amides is 3. The van der Waals surface area contributed by atoms with E-state index in [1.54, 1.807) is 6.07 Å². The molecular formula is C20H23N3O4S. The molecule has 4 N–H and O–H groups in total. The smallest absolute Gasteiger partial charge is 0.251 e. The number of carbonyl (C=O) groups excluding carboxylic acids is 3. The summed E-state index contributed by atoms with van der Waals surface area (Å²) in [5, 5.41) is 5.88. The Morgan fingerprint density at radius 2 is 1.82 bits per heavy atom. The summed E-state index contributed by atoms with van der Waals surface area (Å²) in [6.45, 7) is 1.40. The highest BCUT2D eigenvalue weighted by Gasteiger charge is 2.24. The minimum absolute atomic E-state index is 0.245. The second kappa shape index (κ2) is 8.99. The lowest BCUT2D eigenvalue weighted by Gasteiger charge is -2.11. The number of carbonyl (C=O) groups is 3. The molecule has 0 saturated heterocycles.